The molecule has 1 aromatic carbocycles. The Labute approximate surface area is 108 Å². The van der Waals surface area contributed by atoms with Gasteiger partial charge in [-0.1, -0.05) is 22.0 Å². The fourth-order valence-electron chi connectivity index (χ4n) is 1.44. The van der Waals surface area contributed by atoms with Gasteiger partial charge in [-0.25, -0.2) is 8.78 Å². The summed E-state index contributed by atoms with van der Waals surface area (Å²) in [4.78, 5) is 11.1. The molecule has 0 saturated carbocycles. The van der Waals surface area contributed by atoms with Gasteiger partial charge in [0.1, 0.15) is 5.78 Å². The summed E-state index contributed by atoms with van der Waals surface area (Å²) in [5, 5.41) is 0.0258. The van der Waals surface area contributed by atoms with Gasteiger partial charge in [0.15, 0.2) is 0 Å². The monoisotopic (exact) mass is 330 g/mol. The molecule has 18 heavy (non-hydrogen) atoms. The van der Waals surface area contributed by atoms with Crippen LogP contribution < -0.4 is 0 Å². The number of carbonyl (C=O) groups is 1. The van der Waals surface area contributed by atoms with Crippen LogP contribution in [0.1, 0.15) is 23.1 Å². The smallest absolute Gasteiger partial charge is 0.298 e. The second kappa shape index (κ2) is 5.77. The fourth-order valence-corrected chi connectivity index (χ4v) is 1.63. The molecule has 0 bridgehead atoms. The summed E-state index contributed by atoms with van der Waals surface area (Å²) in [7, 11) is 0. The average molecular weight is 331 g/mol. The van der Waals surface area contributed by atoms with Crippen molar-refractivity contribution in [1.82, 2.24) is 0 Å². The third-order valence-electron chi connectivity index (χ3n) is 2.21. The van der Waals surface area contributed by atoms with E-state index in [1.807, 2.05) is 0 Å². The Morgan fingerprint density at radius 1 is 1.28 bits per heavy atom. The molecular formula is C11H8BrF5O. The highest BCUT2D eigenvalue weighted by atomic mass is 79.9. The molecule has 0 N–H and O–H groups in total. The summed E-state index contributed by atoms with van der Waals surface area (Å²) in [6.45, 7) is 0. The topological polar surface area (TPSA) is 17.1 Å². The Morgan fingerprint density at radius 2 is 1.89 bits per heavy atom. The summed E-state index contributed by atoms with van der Waals surface area (Å²) >= 11 is 2.89. The van der Waals surface area contributed by atoms with E-state index in [0.717, 1.165) is 12.1 Å². The van der Waals surface area contributed by atoms with Crippen LogP contribution in [-0.2, 0) is 17.4 Å². The van der Waals surface area contributed by atoms with Gasteiger partial charge in [-0.15, -0.1) is 0 Å². The zero-order chi connectivity index (χ0) is 13.9. The van der Waals surface area contributed by atoms with Crippen molar-refractivity contribution in [2.45, 2.75) is 19.0 Å². The van der Waals surface area contributed by atoms with Crippen LogP contribution in [0.5, 0.6) is 0 Å². The molecule has 0 aromatic heterocycles. The normalized spacial score (nSPS) is 11.9. The van der Waals surface area contributed by atoms with Gasteiger partial charge in [-0.3, -0.25) is 4.79 Å². The maximum Gasteiger partial charge on any atom is 0.416 e. The number of benzene rings is 1. The van der Waals surface area contributed by atoms with Crippen LogP contribution in [0.25, 0.3) is 0 Å². The molecule has 1 rings (SSSR count). The molecule has 0 saturated heterocycles. The van der Waals surface area contributed by atoms with Crippen LogP contribution in [0.15, 0.2) is 18.2 Å². The average Bonchev–Trinajstić information content (AvgIpc) is 2.27. The van der Waals surface area contributed by atoms with Gasteiger partial charge >= 0.3 is 6.18 Å². The van der Waals surface area contributed by atoms with Crippen molar-refractivity contribution in [2.75, 3.05) is 5.33 Å². The van der Waals surface area contributed by atoms with Crippen molar-refractivity contribution < 1.29 is 26.7 Å². The third-order valence-corrected chi connectivity index (χ3v) is 2.83. The molecule has 100 valence electrons. The fraction of sp³-hybridized carbons (Fsp3) is 0.364. The van der Waals surface area contributed by atoms with Crippen LogP contribution in [0.2, 0.25) is 0 Å². The molecule has 0 heterocycles. The van der Waals surface area contributed by atoms with Crippen molar-refractivity contribution in [3.8, 4) is 0 Å². The maximum atomic E-state index is 12.6. The van der Waals surface area contributed by atoms with E-state index >= 15 is 0 Å². The molecule has 0 aliphatic carbocycles. The molecule has 1 aromatic rings. The van der Waals surface area contributed by atoms with E-state index < -0.39 is 23.7 Å². The Morgan fingerprint density at radius 3 is 2.33 bits per heavy atom. The van der Waals surface area contributed by atoms with Gasteiger partial charge in [-0.05, 0) is 17.7 Å². The predicted octanol–water partition coefficient (Wildman–Crippen LogP) is 4.15. The Bertz CT molecular complexity index is 442. The van der Waals surface area contributed by atoms with E-state index in [1.54, 1.807) is 0 Å². The summed E-state index contributed by atoms with van der Waals surface area (Å²) in [6.07, 6.45) is -8.24. The zero-order valence-electron chi connectivity index (χ0n) is 8.90. The first kappa shape index (κ1) is 15.1. The van der Waals surface area contributed by atoms with Crippen molar-refractivity contribution in [3.05, 3.63) is 34.9 Å². The predicted molar refractivity (Wildman–Crippen MR) is 58.9 cm³/mol. The lowest BCUT2D eigenvalue weighted by molar-refractivity contribution is -0.139. The second-order valence-electron chi connectivity index (χ2n) is 3.57. The third kappa shape index (κ3) is 3.76. The zero-order valence-corrected chi connectivity index (χ0v) is 10.5. The molecule has 1 nitrogen and oxygen atoms in total. The minimum absolute atomic E-state index is 0.0258. The summed E-state index contributed by atoms with van der Waals surface area (Å²) in [5.74, 6) is -0.296. The van der Waals surface area contributed by atoms with E-state index in [-0.39, 0.29) is 23.1 Å². The molecule has 7 heteroatoms. The lowest BCUT2D eigenvalue weighted by Gasteiger charge is -2.13. The largest absolute Gasteiger partial charge is 0.416 e. The van der Waals surface area contributed by atoms with Gasteiger partial charge in [0.2, 0.25) is 0 Å². The van der Waals surface area contributed by atoms with E-state index in [9.17, 15) is 26.7 Å². The molecule has 0 fully saturated rings. The minimum atomic E-state index is -4.83. The lowest BCUT2D eigenvalue weighted by atomic mass is 10.0. The maximum absolute atomic E-state index is 12.6. The minimum Gasteiger partial charge on any atom is -0.298 e. The van der Waals surface area contributed by atoms with Crippen molar-refractivity contribution in [2.24, 2.45) is 0 Å². The Balaban J connectivity index is 3.16. The first-order chi connectivity index (χ1) is 8.25. The van der Waals surface area contributed by atoms with Gasteiger partial charge in [0.25, 0.3) is 6.43 Å². The van der Waals surface area contributed by atoms with E-state index in [0.29, 0.717) is 6.07 Å². The quantitative estimate of drug-likeness (QED) is 0.598. The second-order valence-corrected chi connectivity index (χ2v) is 4.13. The number of hydrogen-bond donors (Lipinski definition) is 0. The molecule has 0 unspecified atom stereocenters. The number of ketones is 1. The van der Waals surface area contributed by atoms with E-state index in [2.05, 4.69) is 15.9 Å². The Kier molecular flexibility index (Phi) is 4.84. The first-order valence-corrected chi connectivity index (χ1v) is 5.93. The standard InChI is InChI=1S/C11H8BrF5O/c12-5-7(18)3-6-1-2-9(11(15,16)17)8(4-6)10(13)14/h1-2,4,10H,3,5H2. The van der Waals surface area contributed by atoms with Crippen molar-refractivity contribution in [1.29, 1.82) is 0 Å². The highest BCUT2D eigenvalue weighted by Crippen LogP contribution is 2.36. The number of carbonyl (C=O) groups excluding carboxylic acids is 1. The summed E-state index contributed by atoms with van der Waals surface area (Å²) < 4.78 is 62.5. The number of Topliss-reactive ketones (excluding diaryl/α,β-unsaturated/α-hetero) is 1. The van der Waals surface area contributed by atoms with Crippen LogP contribution >= 0.6 is 15.9 Å². The van der Waals surface area contributed by atoms with Crippen LogP contribution in [0, 0.1) is 0 Å². The van der Waals surface area contributed by atoms with Crippen LogP contribution in [0.3, 0.4) is 0 Å². The molecule has 0 radical (unpaired) electrons. The number of halogens is 6. The molecular weight excluding hydrogens is 323 g/mol. The van der Waals surface area contributed by atoms with Gasteiger partial charge in [-0.2, -0.15) is 13.2 Å². The highest BCUT2D eigenvalue weighted by Gasteiger charge is 2.35. The molecule has 0 spiro atoms. The van der Waals surface area contributed by atoms with Gasteiger partial charge in [0.05, 0.1) is 10.9 Å². The van der Waals surface area contributed by atoms with Gasteiger partial charge < -0.3 is 0 Å². The van der Waals surface area contributed by atoms with Crippen LogP contribution in [0.4, 0.5) is 22.0 Å². The molecule has 0 aliphatic rings. The van der Waals surface area contributed by atoms with E-state index in [4.69, 9.17) is 0 Å². The van der Waals surface area contributed by atoms with Gasteiger partial charge in [0, 0.05) is 12.0 Å². The van der Waals surface area contributed by atoms with Crippen molar-refractivity contribution in [3.63, 3.8) is 0 Å². The van der Waals surface area contributed by atoms with E-state index in [1.165, 1.54) is 0 Å². The SMILES string of the molecule is O=C(CBr)Cc1ccc(C(F)(F)F)c(C(F)F)c1. The number of alkyl halides is 6. The van der Waals surface area contributed by atoms with Crippen LogP contribution in [-0.4, -0.2) is 11.1 Å². The highest BCUT2D eigenvalue weighted by molar-refractivity contribution is 9.09. The molecule has 0 aliphatic heterocycles. The summed E-state index contributed by atoms with van der Waals surface area (Å²) in [5.41, 5.74) is -2.32. The summed E-state index contributed by atoms with van der Waals surface area (Å²) in [6, 6.07) is 2.35. The molecule has 0 amide bonds. The number of hydrogen-bond acceptors (Lipinski definition) is 1. The van der Waals surface area contributed by atoms with Crippen molar-refractivity contribution >= 4 is 21.7 Å². The first-order valence-electron chi connectivity index (χ1n) is 4.81. The molecule has 0 atom stereocenters. The number of rotatable bonds is 4. The lowest BCUT2D eigenvalue weighted by Crippen LogP contribution is -2.11. The Hall–Kier alpha value is -0.980.